The minimum absolute atomic E-state index is 0.0325. The van der Waals surface area contributed by atoms with E-state index in [2.05, 4.69) is 20.3 Å². The number of ether oxygens (including phenoxy) is 2. The van der Waals surface area contributed by atoms with Crippen LogP contribution >= 0.6 is 0 Å². The Kier molecular flexibility index (Phi) is 5.55. The van der Waals surface area contributed by atoms with Crippen LogP contribution < -0.4 is 24.7 Å². The molecule has 0 saturated heterocycles. The monoisotopic (exact) mass is 613 g/mol. The third kappa shape index (κ3) is 4.51. The van der Waals surface area contributed by atoms with Crippen molar-refractivity contribution >= 4 is 32.6 Å². The number of H-pyrrole nitrogens is 1. The Hall–Kier alpha value is -5.08. The van der Waals surface area contributed by atoms with Gasteiger partial charge in [0.05, 0.1) is 53.9 Å². The molecule has 0 radical (unpaired) electrons. The molecule has 0 bridgehead atoms. The number of carbonyl (C=O) groups excluding carboxylic acids is 1. The van der Waals surface area contributed by atoms with Crippen LogP contribution in [-0.2, 0) is 23.7 Å². The number of benzene rings is 1. The molecule has 6 rings (SSSR count). The lowest BCUT2D eigenvalue weighted by molar-refractivity contribution is 0.177. The van der Waals surface area contributed by atoms with Gasteiger partial charge in [-0.25, -0.2) is 27.7 Å². The molecule has 4 aromatic rings. The summed E-state index contributed by atoms with van der Waals surface area (Å²) in [5.74, 6) is -1.79. The summed E-state index contributed by atoms with van der Waals surface area (Å²) in [5.41, 5.74) is -2.69. The maximum atomic E-state index is 16.2. The van der Waals surface area contributed by atoms with Crippen LogP contribution in [0.25, 0.3) is 33.3 Å². The summed E-state index contributed by atoms with van der Waals surface area (Å²) in [6.07, 6.45) is 1.78. The van der Waals surface area contributed by atoms with E-state index in [9.17, 15) is 28.4 Å². The first-order chi connectivity index (χ1) is 21.6. The number of sulfonamides is 1. The number of halogens is 1. The van der Waals surface area contributed by atoms with Crippen molar-refractivity contribution in [2.45, 2.75) is 25.0 Å². The van der Waals surface area contributed by atoms with Gasteiger partial charge in [0.15, 0.2) is 5.75 Å². The predicted octanol–water partition coefficient (Wildman–Crippen LogP) is 1.30. The van der Waals surface area contributed by atoms with Gasteiger partial charge in [0.1, 0.15) is 28.4 Å². The van der Waals surface area contributed by atoms with Gasteiger partial charge in [0, 0.05) is 35.2 Å². The average molecular weight is 614 g/mol. The minimum Gasteiger partial charge on any atom is -0.482 e. The highest BCUT2D eigenvalue weighted by Gasteiger charge is 2.53. The molecular weight excluding hydrogens is 587 g/mol. The van der Waals surface area contributed by atoms with E-state index in [4.69, 9.17) is 13.6 Å². The molecule has 43 heavy (non-hydrogen) atoms. The fraction of sp³-hybridized carbons (Fsp3) is 0.308. The van der Waals surface area contributed by atoms with Crippen LogP contribution in [-0.4, -0.2) is 70.0 Å². The van der Waals surface area contributed by atoms with Crippen LogP contribution in [0.2, 0.25) is 0 Å². The Bertz CT molecular complexity index is 2170. The third-order valence-electron chi connectivity index (χ3n) is 7.26. The molecule has 1 saturated carbocycles. The Morgan fingerprint density at radius 1 is 1.42 bits per heavy atom. The van der Waals surface area contributed by atoms with Gasteiger partial charge >= 0.3 is 6.09 Å². The lowest BCUT2D eigenvalue weighted by Crippen LogP contribution is -2.45. The molecule has 1 amide bonds. The van der Waals surface area contributed by atoms with Crippen molar-refractivity contribution in [3.8, 4) is 40.2 Å². The number of nitrogens with one attached hydrogen (secondary N) is 2. The molecule has 2 aliphatic rings. The highest BCUT2D eigenvalue weighted by atomic mass is 32.2. The number of rotatable bonds is 5. The molecule has 0 atom stereocenters. The number of amides is 1. The first kappa shape index (κ1) is 24.5. The SMILES string of the molecule is [2H]C([2H])([2H])NC(=O)Oc1nc(-c2cnn(C)c2-c2c(F)cc3c(c2C#N)OC2(CC2)CN3S(C)(=O)=O)cc2c(CO)n[nH]c(=O)c12. The number of hydrogen-bond donors (Lipinski definition) is 3. The topological polar surface area (TPSA) is 205 Å². The quantitative estimate of drug-likeness (QED) is 0.292. The molecule has 0 unspecified atom stereocenters. The first-order valence-corrected chi connectivity index (χ1v) is 14.4. The van der Waals surface area contributed by atoms with Crippen molar-refractivity contribution in [2.24, 2.45) is 7.05 Å². The Labute approximate surface area is 246 Å². The number of anilines is 1. The van der Waals surface area contributed by atoms with Crippen LogP contribution in [0.1, 0.15) is 28.2 Å². The number of carbonyl (C=O) groups is 1. The number of aliphatic hydroxyl groups excluding tert-OH is 1. The lowest BCUT2D eigenvalue weighted by atomic mass is 9.96. The van der Waals surface area contributed by atoms with Crippen LogP contribution in [0.5, 0.6) is 11.6 Å². The predicted molar refractivity (Wildman–Crippen MR) is 148 cm³/mol. The molecule has 1 aliphatic carbocycles. The largest absolute Gasteiger partial charge is 0.482 e. The minimum atomic E-state index is -3.88. The zero-order chi connectivity index (χ0) is 33.3. The number of aryl methyl sites for hydroxylation is 1. The molecule has 222 valence electrons. The van der Waals surface area contributed by atoms with Crippen molar-refractivity contribution in [3.63, 3.8) is 0 Å². The summed E-state index contributed by atoms with van der Waals surface area (Å²) in [6, 6.07) is 4.19. The van der Waals surface area contributed by atoms with E-state index in [0.717, 1.165) is 16.6 Å². The van der Waals surface area contributed by atoms with Crippen LogP contribution in [0.15, 0.2) is 23.1 Å². The van der Waals surface area contributed by atoms with Crippen molar-refractivity contribution < 1.29 is 36.3 Å². The van der Waals surface area contributed by atoms with Crippen molar-refractivity contribution in [1.82, 2.24) is 30.3 Å². The fourth-order valence-corrected chi connectivity index (χ4v) is 6.07. The Morgan fingerprint density at radius 3 is 2.84 bits per heavy atom. The number of hydrogen-bond acceptors (Lipinski definition) is 11. The summed E-state index contributed by atoms with van der Waals surface area (Å²) < 4.78 is 76.8. The van der Waals surface area contributed by atoms with Gasteiger partial charge in [-0.1, -0.05) is 0 Å². The van der Waals surface area contributed by atoms with Gasteiger partial charge in [-0.05, 0) is 18.9 Å². The molecule has 3 aromatic heterocycles. The summed E-state index contributed by atoms with van der Waals surface area (Å²) in [6.45, 7) is -3.68. The van der Waals surface area contributed by atoms with E-state index >= 15 is 4.39 Å². The van der Waals surface area contributed by atoms with Crippen LogP contribution in [0.3, 0.4) is 0 Å². The van der Waals surface area contributed by atoms with Gasteiger partial charge in [-0.3, -0.25) is 13.8 Å². The van der Waals surface area contributed by atoms with Gasteiger partial charge in [-0.15, -0.1) is 0 Å². The number of aliphatic hydroxyl groups is 1. The van der Waals surface area contributed by atoms with Crippen molar-refractivity contribution in [1.29, 1.82) is 5.26 Å². The zero-order valence-electron chi connectivity index (χ0n) is 25.4. The third-order valence-corrected chi connectivity index (χ3v) is 8.39. The van der Waals surface area contributed by atoms with Gasteiger partial charge in [-0.2, -0.15) is 15.5 Å². The maximum Gasteiger partial charge on any atom is 0.413 e. The van der Waals surface area contributed by atoms with Crippen LogP contribution in [0, 0.1) is 17.1 Å². The average Bonchev–Trinajstić information content (AvgIpc) is 3.60. The van der Waals surface area contributed by atoms with Crippen LogP contribution in [0.4, 0.5) is 14.9 Å². The maximum absolute atomic E-state index is 16.2. The molecule has 3 N–H and O–H groups in total. The molecule has 17 heteroatoms. The summed E-state index contributed by atoms with van der Waals surface area (Å²) in [4.78, 5) is 29.4. The second kappa shape index (κ2) is 9.74. The summed E-state index contributed by atoms with van der Waals surface area (Å²) in [7, 11) is -2.44. The van der Waals surface area contributed by atoms with Gasteiger partial charge in [0.25, 0.3) is 5.56 Å². The zero-order valence-corrected chi connectivity index (χ0v) is 23.2. The number of nitriles is 1. The lowest BCUT2D eigenvalue weighted by Gasteiger charge is -2.36. The highest BCUT2D eigenvalue weighted by Crippen LogP contribution is 2.53. The smallest absolute Gasteiger partial charge is 0.413 e. The summed E-state index contributed by atoms with van der Waals surface area (Å²) >= 11 is 0. The second-order valence-electron chi connectivity index (χ2n) is 10.1. The van der Waals surface area contributed by atoms with Crippen molar-refractivity contribution in [2.75, 3.05) is 24.1 Å². The van der Waals surface area contributed by atoms with E-state index in [1.165, 1.54) is 24.0 Å². The molecular formula is C26H23FN8O7S. The Morgan fingerprint density at radius 2 is 2.19 bits per heavy atom. The van der Waals surface area contributed by atoms with E-state index in [0.29, 0.717) is 12.8 Å². The highest BCUT2D eigenvalue weighted by molar-refractivity contribution is 7.92. The normalized spacial score (nSPS) is 16.4. The van der Waals surface area contributed by atoms with Crippen molar-refractivity contribution in [3.05, 3.63) is 45.8 Å². The van der Waals surface area contributed by atoms with E-state index < -0.39 is 52.6 Å². The molecule has 1 aromatic carbocycles. The number of nitrogens with zero attached hydrogens (tertiary/aromatic N) is 6. The number of fused-ring (bicyclic) bond motifs is 2. The molecule has 15 nitrogen and oxygen atoms in total. The van der Waals surface area contributed by atoms with Gasteiger partial charge in [0.2, 0.25) is 15.9 Å². The molecule has 1 aliphatic heterocycles. The standard InChI is InChI=1S/C26H23FN8O7S/c1-29-25(38)41-24-20-12(17(10-36)32-33-23(20)37)6-16(31-24)14-9-30-34(2)21(14)19-13(8-28)22-18(7-15(19)27)35(43(3,39)40)11-26(42-22)4-5-26/h6-7,9,36H,4-5,10-11H2,1-3H3,(H,29,38)(H,33,37)/i1D3. The molecule has 4 heterocycles. The molecule has 1 fully saturated rings. The second-order valence-corrected chi connectivity index (χ2v) is 12.0. The van der Waals surface area contributed by atoms with E-state index in [1.807, 2.05) is 6.07 Å². The van der Waals surface area contributed by atoms with Gasteiger partial charge < -0.3 is 19.9 Å². The van der Waals surface area contributed by atoms with E-state index in [1.54, 1.807) is 5.32 Å². The first-order valence-electron chi connectivity index (χ1n) is 14.0. The number of aromatic amines is 1. The number of aromatic nitrogens is 5. The Balaban J connectivity index is 1.59. The fourth-order valence-electron chi connectivity index (χ4n) is 5.11. The van der Waals surface area contributed by atoms with E-state index in [-0.39, 0.29) is 62.5 Å². The summed E-state index contributed by atoms with van der Waals surface area (Å²) in [5, 5.41) is 31.6. The molecule has 1 spiro atoms. The number of pyridine rings is 1.